The third-order valence-corrected chi connectivity index (χ3v) is 6.38. The first-order valence-electron chi connectivity index (χ1n) is 12.1. The van der Waals surface area contributed by atoms with Gasteiger partial charge in [-0.25, -0.2) is 0 Å². The largest absolute Gasteiger partial charge is 0.469 e. The number of rotatable bonds is 17. The van der Waals surface area contributed by atoms with Crippen LogP contribution >= 0.6 is 0 Å². The lowest BCUT2D eigenvalue weighted by atomic mass is 10.0. The number of methoxy groups -OCH3 is 1. The van der Waals surface area contributed by atoms with Crippen LogP contribution in [0.15, 0.2) is 30.3 Å². The third kappa shape index (κ3) is 9.80. The lowest BCUT2D eigenvalue weighted by Crippen LogP contribution is -2.03. The number of carbonyl (C=O) groups excluding carboxylic acids is 1. The molecule has 0 spiro atoms. The molecule has 1 heterocycles. The molecular weight excluding hydrogens is 358 g/mol. The average molecular weight is 402 g/mol. The fourth-order valence-electron chi connectivity index (χ4n) is 4.53. The maximum absolute atomic E-state index is 11.2. The zero-order valence-electron chi connectivity index (χ0n) is 18.9. The lowest BCUT2D eigenvalue weighted by Gasteiger charge is -2.05. The Bertz CT molecular complexity index is 545. The number of unbranched alkanes of at least 4 members (excludes halogenated alkanes) is 9. The normalized spacial score (nSPS) is 20.6. The summed E-state index contributed by atoms with van der Waals surface area (Å²) in [5.74, 6) is -0.0722. The Morgan fingerprint density at radius 2 is 1.38 bits per heavy atom. The molecule has 29 heavy (non-hydrogen) atoms. The smallest absolute Gasteiger partial charge is 0.305 e. The first kappa shape index (κ1) is 23.9. The summed E-state index contributed by atoms with van der Waals surface area (Å²) >= 11 is 0. The second-order valence-electron chi connectivity index (χ2n) is 8.73. The standard InChI is InChI=1S/C26H43NO2/c1-3-4-5-6-8-14-19-24-25(27(24)22-23-17-12-11-13-18-23)20-15-9-7-10-16-21-26(28)29-2/h11-13,17-18,24-25H,3-10,14-16,19-22H2,1-2H3/t24-,25+,27?/m1/s1. The van der Waals surface area contributed by atoms with Crippen LogP contribution in [0.3, 0.4) is 0 Å². The Labute approximate surface area is 179 Å². The Balaban J connectivity index is 1.63. The summed E-state index contributed by atoms with van der Waals surface area (Å²) < 4.78 is 4.71. The van der Waals surface area contributed by atoms with Crippen molar-refractivity contribution >= 4 is 5.97 Å². The van der Waals surface area contributed by atoms with E-state index in [4.69, 9.17) is 4.74 Å². The number of esters is 1. The molecule has 1 aromatic rings. The van der Waals surface area contributed by atoms with Crippen LogP contribution in [0.5, 0.6) is 0 Å². The first-order valence-corrected chi connectivity index (χ1v) is 12.1. The van der Waals surface area contributed by atoms with Crippen molar-refractivity contribution in [1.29, 1.82) is 0 Å². The highest BCUT2D eigenvalue weighted by Gasteiger charge is 2.45. The van der Waals surface area contributed by atoms with Crippen LogP contribution < -0.4 is 0 Å². The Morgan fingerprint density at radius 1 is 0.828 bits per heavy atom. The molecule has 3 heteroatoms. The Kier molecular flexibility index (Phi) is 12.0. The van der Waals surface area contributed by atoms with Gasteiger partial charge in [0, 0.05) is 25.0 Å². The Hall–Kier alpha value is -1.35. The highest BCUT2D eigenvalue weighted by molar-refractivity contribution is 5.68. The summed E-state index contributed by atoms with van der Waals surface area (Å²) in [6, 6.07) is 12.5. The maximum atomic E-state index is 11.2. The van der Waals surface area contributed by atoms with Gasteiger partial charge >= 0.3 is 5.97 Å². The van der Waals surface area contributed by atoms with Crippen molar-refractivity contribution in [3.05, 3.63) is 35.9 Å². The first-order chi connectivity index (χ1) is 14.3. The van der Waals surface area contributed by atoms with Crippen LogP contribution in [0.2, 0.25) is 0 Å². The minimum absolute atomic E-state index is 0.0722. The molecule has 3 nitrogen and oxygen atoms in total. The van der Waals surface area contributed by atoms with E-state index in [-0.39, 0.29) is 5.97 Å². The van der Waals surface area contributed by atoms with Crippen LogP contribution in [0.1, 0.15) is 102 Å². The predicted molar refractivity (Wildman–Crippen MR) is 122 cm³/mol. The second kappa shape index (κ2) is 14.6. The monoisotopic (exact) mass is 401 g/mol. The van der Waals surface area contributed by atoms with E-state index in [0.717, 1.165) is 31.5 Å². The van der Waals surface area contributed by atoms with E-state index >= 15 is 0 Å². The Morgan fingerprint density at radius 3 is 1.97 bits per heavy atom. The van der Waals surface area contributed by atoms with Crippen LogP contribution in [0.25, 0.3) is 0 Å². The van der Waals surface area contributed by atoms with E-state index in [1.54, 1.807) is 0 Å². The topological polar surface area (TPSA) is 29.3 Å². The van der Waals surface area contributed by atoms with Crippen molar-refractivity contribution in [2.75, 3.05) is 7.11 Å². The van der Waals surface area contributed by atoms with Gasteiger partial charge in [0.2, 0.25) is 0 Å². The van der Waals surface area contributed by atoms with E-state index in [1.165, 1.54) is 83.3 Å². The number of benzene rings is 1. The molecule has 0 N–H and O–H groups in total. The van der Waals surface area contributed by atoms with Crippen molar-refractivity contribution in [1.82, 2.24) is 4.90 Å². The molecule has 1 aliphatic heterocycles. The molecule has 0 saturated carbocycles. The summed E-state index contributed by atoms with van der Waals surface area (Å²) in [6.45, 7) is 3.40. The van der Waals surface area contributed by atoms with Crippen LogP contribution in [0.4, 0.5) is 0 Å². The van der Waals surface area contributed by atoms with Crippen LogP contribution in [-0.4, -0.2) is 30.1 Å². The number of nitrogens with zero attached hydrogens (tertiary/aromatic N) is 1. The van der Waals surface area contributed by atoms with Crippen LogP contribution in [-0.2, 0) is 16.1 Å². The van der Waals surface area contributed by atoms with E-state index < -0.39 is 0 Å². The second-order valence-corrected chi connectivity index (χ2v) is 8.73. The average Bonchev–Trinajstić information content (AvgIpc) is 3.40. The summed E-state index contributed by atoms with van der Waals surface area (Å²) in [5, 5.41) is 0. The van der Waals surface area contributed by atoms with E-state index in [0.29, 0.717) is 6.42 Å². The molecule has 1 saturated heterocycles. The van der Waals surface area contributed by atoms with Gasteiger partial charge in [-0.3, -0.25) is 9.69 Å². The molecular formula is C26H43NO2. The van der Waals surface area contributed by atoms with Crippen molar-refractivity contribution < 1.29 is 9.53 Å². The summed E-state index contributed by atoms with van der Waals surface area (Å²) in [4.78, 5) is 13.9. The molecule has 0 bridgehead atoms. The van der Waals surface area contributed by atoms with Gasteiger partial charge in [0.25, 0.3) is 0 Å². The SMILES string of the molecule is CCCCCCCC[C@@H]1[C@H](CCCCCCCC(=O)OC)N1Cc1ccccc1. The van der Waals surface area contributed by atoms with Gasteiger partial charge in [0.1, 0.15) is 0 Å². The number of carbonyl (C=O) groups is 1. The van der Waals surface area contributed by atoms with Crippen molar-refractivity contribution in [3.8, 4) is 0 Å². The van der Waals surface area contributed by atoms with Gasteiger partial charge in [-0.1, -0.05) is 101 Å². The predicted octanol–water partition coefficient (Wildman–Crippen LogP) is 6.89. The van der Waals surface area contributed by atoms with Crippen molar-refractivity contribution in [2.45, 2.75) is 115 Å². The van der Waals surface area contributed by atoms with E-state index in [1.807, 2.05) is 0 Å². The van der Waals surface area contributed by atoms with Gasteiger partial charge in [0.05, 0.1) is 7.11 Å². The van der Waals surface area contributed by atoms with E-state index in [9.17, 15) is 4.79 Å². The molecule has 1 unspecified atom stereocenters. The summed E-state index contributed by atoms with van der Waals surface area (Å²) in [7, 11) is 1.47. The van der Waals surface area contributed by atoms with Crippen molar-refractivity contribution in [3.63, 3.8) is 0 Å². The molecule has 3 atom stereocenters. The molecule has 2 rings (SSSR count). The lowest BCUT2D eigenvalue weighted by molar-refractivity contribution is -0.140. The number of hydrogen-bond acceptors (Lipinski definition) is 3. The third-order valence-electron chi connectivity index (χ3n) is 6.38. The van der Waals surface area contributed by atoms with Gasteiger partial charge in [0.15, 0.2) is 0 Å². The minimum atomic E-state index is -0.0722. The van der Waals surface area contributed by atoms with Gasteiger partial charge in [-0.05, 0) is 24.8 Å². The van der Waals surface area contributed by atoms with Gasteiger partial charge in [-0.2, -0.15) is 0 Å². The molecule has 1 aliphatic rings. The van der Waals surface area contributed by atoms with Gasteiger partial charge in [-0.15, -0.1) is 0 Å². The van der Waals surface area contributed by atoms with Gasteiger partial charge < -0.3 is 4.74 Å². The summed E-state index contributed by atoms with van der Waals surface area (Å²) in [5.41, 5.74) is 1.45. The fourth-order valence-corrected chi connectivity index (χ4v) is 4.53. The maximum Gasteiger partial charge on any atom is 0.305 e. The zero-order valence-corrected chi connectivity index (χ0v) is 18.9. The highest BCUT2D eigenvalue weighted by Crippen LogP contribution is 2.38. The zero-order chi connectivity index (χ0) is 20.7. The molecule has 164 valence electrons. The molecule has 0 radical (unpaired) electrons. The summed E-state index contributed by atoms with van der Waals surface area (Å²) in [6.07, 6.45) is 17.6. The molecule has 0 aliphatic carbocycles. The molecule has 0 aromatic heterocycles. The molecule has 0 amide bonds. The minimum Gasteiger partial charge on any atom is -0.469 e. The fraction of sp³-hybridized carbons (Fsp3) is 0.731. The number of ether oxygens (including phenoxy) is 1. The van der Waals surface area contributed by atoms with Crippen molar-refractivity contribution in [2.24, 2.45) is 0 Å². The van der Waals surface area contributed by atoms with E-state index in [2.05, 4.69) is 42.2 Å². The number of hydrogen-bond donors (Lipinski definition) is 0. The molecule has 1 fully saturated rings. The van der Waals surface area contributed by atoms with Crippen LogP contribution in [0, 0.1) is 0 Å². The highest BCUT2D eigenvalue weighted by atomic mass is 16.5. The molecule has 1 aromatic carbocycles. The quantitative estimate of drug-likeness (QED) is 0.162.